The number of amides is 3. The van der Waals surface area contributed by atoms with Crippen LogP contribution in [0.15, 0.2) is 52.5 Å². The Morgan fingerprint density at radius 1 is 0.897 bits per heavy atom. The van der Waals surface area contributed by atoms with Crippen molar-refractivity contribution in [1.82, 2.24) is 10.0 Å². The number of hydrazine groups is 1. The quantitative estimate of drug-likeness (QED) is 0.147. The van der Waals surface area contributed by atoms with E-state index in [-0.39, 0.29) is 26.3 Å². The van der Waals surface area contributed by atoms with Crippen LogP contribution >= 0.6 is 92.8 Å². The van der Waals surface area contributed by atoms with Gasteiger partial charge in [-0.1, -0.05) is 75.7 Å². The number of hydrogen-bond acceptors (Lipinski definition) is 5. The summed E-state index contributed by atoms with van der Waals surface area (Å²) in [6.07, 6.45) is 0. The lowest BCUT2D eigenvalue weighted by Crippen LogP contribution is -2.55. The van der Waals surface area contributed by atoms with Crippen LogP contribution in [0.1, 0.15) is 15.9 Å². The second-order valence-electron chi connectivity index (χ2n) is 8.97. The number of benzene rings is 2. The average Bonchev–Trinajstić information content (AvgIpc) is 3.26. The first kappa shape index (κ1) is 29.0. The van der Waals surface area contributed by atoms with Crippen molar-refractivity contribution in [2.75, 3.05) is 0 Å². The summed E-state index contributed by atoms with van der Waals surface area (Å²) in [4.78, 5) is 47.8. The van der Waals surface area contributed by atoms with Crippen molar-refractivity contribution in [2.24, 2.45) is 11.8 Å². The number of non-ortho nitro benzene ring substituents is 1. The summed E-state index contributed by atoms with van der Waals surface area (Å²) in [6, 6.07) is 8.97. The molecule has 8 nitrogen and oxygen atoms in total. The van der Waals surface area contributed by atoms with Gasteiger partial charge in [0.1, 0.15) is 9.75 Å². The van der Waals surface area contributed by atoms with Crippen molar-refractivity contribution in [1.29, 1.82) is 0 Å². The fourth-order valence-electron chi connectivity index (χ4n) is 5.14. The summed E-state index contributed by atoms with van der Waals surface area (Å²) in [7, 11) is 0. The number of nitro groups is 1. The van der Waals surface area contributed by atoms with E-state index in [1.54, 1.807) is 0 Å². The maximum Gasteiger partial charge on any atom is 0.273 e. The predicted molar refractivity (Wildman–Crippen MR) is 149 cm³/mol. The molecule has 2 aliphatic carbocycles. The van der Waals surface area contributed by atoms with Crippen LogP contribution in [-0.2, 0) is 16.1 Å². The molecule has 1 saturated carbocycles. The molecule has 2 aromatic carbocycles. The molecule has 0 radical (unpaired) electrons. The molecule has 39 heavy (non-hydrogen) atoms. The first-order valence-corrected chi connectivity index (χ1v) is 13.8. The molecule has 204 valence electrons. The van der Waals surface area contributed by atoms with E-state index in [0.29, 0.717) is 15.6 Å². The fraction of sp³-hybridized carbons (Fsp3) is 0.261. The highest BCUT2D eigenvalue weighted by Gasteiger charge is 2.88. The Morgan fingerprint density at radius 2 is 1.41 bits per heavy atom. The summed E-state index contributed by atoms with van der Waals surface area (Å²) in [5.41, 5.74) is -0.0376. The number of alkyl halides is 4. The Labute approximate surface area is 260 Å². The average molecular weight is 693 g/mol. The largest absolute Gasteiger partial charge is 0.273 e. The molecule has 0 unspecified atom stereocenters. The lowest BCUT2D eigenvalue weighted by atomic mass is 9.84. The second-order valence-corrected chi connectivity index (χ2v) is 13.1. The van der Waals surface area contributed by atoms with E-state index in [1.807, 2.05) is 0 Å². The van der Waals surface area contributed by atoms with Crippen LogP contribution in [0.2, 0.25) is 10.0 Å². The topological polar surface area (TPSA) is 101 Å². The first-order chi connectivity index (χ1) is 18.1. The number of carbonyl (C=O) groups excluding carboxylic acids is 3. The smallest absolute Gasteiger partial charge is 0.272 e. The maximum absolute atomic E-state index is 13.9. The van der Waals surface area contributed by atoms with Crippen molar-refractivity contribution in [3.05, 3.63) is 83.8 Å². The Balaban J connectivity index is 1.62. The van der Waals surface area contributed by atoms with Gasteiger partial charge in [0.05, 0.1) is 33.4 Å². The van der Waals surface area contributed by atoms with Gasteiger partial charge in [-0.05, 0) is 29.8 Å². The molecule has 0 spiro atoms. The Hall–Kier alpha value is -1.49. The molecule has 2 fully saturated rings. The first-order valence-electron chi connectivity index (χ1n) is 10.8. The Bertz CT molecular complexity index is 1470. The third kappa shape index (κ3) is 3.76. The van der Waals surface area contributed by atoms with Crippen LogP contribution in [0.4, 0.5) is 5.69 Å². The number of imide groups is 1. The molecule has 2 bridgehead atoms. The van der Waals surface area contributed by atoms with Gasteiger partial charge < -0.3 is 0 Å². The minimum Gasteiger partial charge on any atom is -0.272 e. The van der Waals surface area contributed by atoms with E-state index in [4.69, 9.17) is 92.8 Å². The number of fused-ring (bicyclic) bond motifs is 5. The zero-order valence-electron chi connectivity index (χ0n) is 18.8. The highest BCUT2D eigenvalue weighted by atomic mass is 35.5. The molecule has 3 amide bonds. The van der Waals surface area contributed by atoms with Gasteiger partial charge in [0.2, 0.25) is 0 Å². The summed E-state index contributed by atoms with van der Waals surface area (Å²) in [6.45, 7) is -0.394. The van der Waals surface area contributed by atoms with Gasteiger partial charge in [-0.3, -0.25) is 24.5 Å². The van der Waals surface area contributed by atoms with Crippen molar-refractivity contribution in [3.63, 3.8) is 0 Å². The molecular formula is C23H11Cl8N3O5. The summed E-state index contributed by atoms with van der Waals surface area (Å²) < 4.78 is -2.16. The third-order valence-corrected chi connectivity index (χ3v) is 11.9. The van der Waals surface area contributed by atoms with E-state index < -0.39 is 55.1 Å². The van der Waals surface area contributed by atoms with E-state index in [0.717, 1.165) is 17.1 Å². The molecule has 16 heteroatoms. The van der Waals surface area contributed by atoms with Crippen molar-refractivity contribution >= 4 is 116 Å². The molecule has 3 aliphatic rings. The molecule has 1 saturated heterocycles. The molecule has 0 N–H and O–H groups in total. The number of hydrogen-bond donors (Lipinski definition) is 0. The summed E-state index contributed by atoms with van der Waals surface area (Å²) >= 11 is 51.7. The van der Waals surface area contributed by atoms with Crippen molar-refractivity contribution in [3.8, 4) is 0 Å². The van der Waals surface area contributed by atoms with Gasteiger partial charge in [0.25, 0.3) is 23.4 Å². The monoisotopic (exact) mass is 689 g/mol. The molecule has 1 heterocycles. The predicted octanol–water partition coefficient (Wildman–Crippen LogP) is 6.91. The Morgan fingerprint density at radius 3 is 1.87 bits per heavy atom. The SMILES string of the molecule is O=C(c1ccc([N+](=O)[O-])cc1)N(Cc1ccc(Cl)cc1Cl)N1C(=O)[C@H]2[C@H](C1=O)[C@@]1(Cl)C(Cl)=C(Cl)[C@@]2(Cl)C1(Cl)Cl. The molecule has 5 rings (SSSR count). The highest BCUT2D eigenvalue weighted by Crippen LogP contribution is 2.77. The van der Waals surface area contributed by atoms with Crippen LogP contribution in [0.25, 0.3) is 0 Å². The van der Waals surface area contributed by atoms with Gasteiger partial charge in [-0.25, -0.2) is 5.01 Å². The van der Waals surface area contributed by atoms with Crippen molar-refractivity contribution in [2.45, 2.75) is 20.6 Å². The normalized spacial score (nSPS) is 28.8. The zero-order chi connectivity index (χ0) is 28.8. The van der Waals surface area contributed by atoms with Crippen molar-refractivity contribution < 1.29 is 19.3 Å². The molecule has 0 aromatic heterocycles. The van der Waals surface area contributed by atoms with Gasteiger partial charge in [0, 0.05) is 27.7 Å². The van der Waals surface area contributed by atoms with E-state index in [1.165, 1.54) is 30.3 Å². The minimum atomic E-state index is -2.16. The van der Waals surface area contributed by atoms with E-state index >= 15 is 0 Å². The van der Waals surface area contributed by atoms with Gasteiger partial charge in [0.15, 0.2) is 4.33 Å². The lowest BCUT2D eigenvalue weighted by Gasteiger charge is -2.37. The number of rotatable bonds is 5. The molecule has 2 aromatic rings. The number of nitro benzene ring substituents is 1. The molecule has 1 aliphatic heterocycles. The molecule has 4 atom stereocenters. The third-order valence-electron chi connectivity index (χ3n) is 7.02. The van der Waals surface area contributed by atoms with Gasteiger partial charge in [-0.2, -0.15) is 5.01 Å². The van der Waals surface area contributed by atoms with Gasteiger partial charge in [-0.15, -0.1) is 23.2 Å². The fourth-order valence-corrected chi connectivity index (χ4v) is 8.54. The lowest BCUT2D eigenvalue weighted by molar-refractivity contribution is -0.384. The zero-order valence-corrected chi connectivity index (χ0v) is 24.9. The number of nitrogens with zero attached hydrogens (tertiary/aromatic N) is 3. The van der Waals surface area contributed by atoms with Crippen LogP contribution in [0.5, 0.6) is 0 Å². The Kier molecular flexibility index (Phi) is 7.09. The standard InChI is InChI=1S/C23H11Cl8N3O5/c24-11-4-1-10(13(25)7-11)8-32(18(35)9-2-5-12(6-3-9)34(38)39)33-19(36)14-15(20(33)37)22(29)17(27)16(26)21(14,28)23(22,30)31/h1-7,14-15H,8H2/t14-,15-,21-,22-/m1/s1. The summed E-state index contributed by atoms with van der Waals surface area (Å²) in [5, 5.41) is 12.4. The van der Waals surface area contributed by atoms with Crippen LogP contribution in [-0.4, -0.2) is 46.7 Å². The number of carbonyl (C=O) groups is 3. The van der Waals surface area contributed by atoms with Crippen LogP contribution < -0.4 is 0 Å². The highest BCUT2D eigenvalue weighted by molar-refractivity contribution is 6.66. The summed E-state index contributed by atoms with van der Waals surface area (Å²) in [5.74, 6) is -5.76. The van der Waals surface area contributed by atoms with Crippen LogP contribution in [0.3, 0.4) is 0 Å². The molecular weight excluding hydrogens is 682 g/mol. The number of allylic oxidation sites excluding steroid dienone is 2. The number of halogens is 8. The maximum atomic E-state index is 13.9. The van der Waals surface area contributed by atoms with E-state index in [2.05, 4.69) is 0 Å². The van der Waals surface area contributed by atoms with Crippen LogP contribution in [0, 0.1) is 22.0 Å². The second kappa shape index (κ2) is 9.53. The van der Waals surface area contributed by atoms with E-state index in [9.17, 15) is 24.5 Å². The van der Waals surface area contributed by atoms with Gasteiger partial charge >= 0.3 is 0 Å². The minimum absolute atomic E-state index is 0.0780.